The number of nitrogens with one attached hydrogen (secondary N) is 1. The van der Waals surface area contributed by atoms with Gasteiger partial charge in [-0.2, -0.15) is 0 Å². The first-order valence-electron chi connectivity index (χ1n) is 8.66. The number of rotatable bonds is 8. The Hall–Kier alpha value is -2.89. The molecule has 0 aliphatic heterocycles. The van der Waals surface area contributed by atoms with Gasteiger partial charge in [-0.1, -0.05) is 25.5 Å². The minimum Gasteiger partial charge on any atom is -0.478 e. The Balaban J connectivity index is 2.29. The van der Waals surface area contributed by atoms with Crippen LogP contribution in [0, 0.1) is 5.82 Å². The summed E-state index contributed by atoms with van der Waals surface area (Å²) in [4.78, 5) is 25.9. The molecule has 0 heterocycles. The number of carbonyl (C=O) groups is 2. The fourth-order valence-corrected chi connectivity index (χ4v) is 2.70. The van der Waals surface area contributed by atoms with Crippen LogP contribution >= 0.6 is 0 Å². The molecule has 0 saturated heterocycles. The minimum atomic E-state index is -1.07. The van der Waals surface area contributed by atoms with Crippen LogP contribution in [0.4, 0.5) is 15.8 Å². The van der Waals surface area contributed by atoms with Crippen LogP contribution in [-0.2, 0) is 0 Å². The van der Waals surface area contributed by atoms with Crippen LogP contribution in [-0.4, -0.2) is 30.1 Å². The predicted molar refractivity (Wildman–Crippen MR) is 101 cm³/mol. The van der Waals surface area contributed by atoms with E-state index in [1.165, 1.54) is 24.3 Å². The summed E-state index contributed by atoms with van der Waals surface area (Å²) in [5.41, 5.74) is 0.934. The van der Waals surface area contributed by atoms with Crippen molar-refractivity contribution in [2.45, 2.75) is 26.7 Å². The standard InChI is InChI=1S/C20H23FN2O3/c1-3-5-12-23(4-2)18-11-10-14(13-16(18)20(25)26)22-19(24)15-8-6-7-9-17(15)21/h6-11,13H,3-5,12H2,1-2H3,(H,22,24)(H,25,26). The van der Waals surface area contributed by atoms with E-state index in [-0.39, 0.29) is 11.1 Å². The van der Waals surface area contributed by atoms with Crippen molar-refractivity contribution in [3.8, 4) is 0 Å². The largest absolute Gasteiger partial charge is 0.478 e. The second kappa shape index (κ2) is 8.99. The number of halogens is 1. The van der Waals surface area contributed by atoms with Gasteiger partial charge in [-0.05, 0) is 43.7 Å². The van der Waals surface area contributed by atoms with Gasteiger partial charge in [-0.25, -0.2) is 9.18 Å². The Morgan fingerprint density at radius 2 is 1.85 bits per heavy atom. The number of anilines is 2. The summed E-state index contributed by atoms with van der Waals surface area (Å²) in [6, 6.07) is 10.4. The highest BCUT2D eigenvalue weighted by Gasteiger charge is 2.17. The number of hydrogen-bond donors (Lipinski definition) is 2. The molecule has 0 aliphatic carbocycles. The highest BCUT2D eigenvalue weighted by molar-refractivity contribution is 6.05. The Kier molecular flexibility index (Phi) is 6.72. The second-order valence-corrected chi connectivity index (χ2v) is 5.90. The molecule has 138 valence electrons. The topological polar surface area (TPSA) is 69.6 Å². The number of carbonyl (C=O) groups excluding carboxylic acids is 1. The van der Waals surface area contributed by atoms with Crippen molar-refractivity contribution < 1.29 is 19.1 Å². The number of carboxylic acids is 1. The third-order valence-electron chi connectivity index (χ3n) is 4.11. The SMILES string of the molecule is CCCCN(CC)c1ccc(NC(=O)c2ccccc2F)cc1C(=O)O. The predicted octanol–water partition coefficient (Wildman–Crippen LogP) is 4.40. The quantitative estimate of drug-likeness (QED) is 0.734. The molecule has 0 fully saturated rings. The molecule has 2 N–H and O–H groups in total. The average Bonchev–Trinajstić information content (AvgIpc) is 2.63. The first kappa shape index (κ1) is 19.4. The van der Waals surface area contributed by atoms with Gasteiger partial charge in [0, 0.05) is 18.8 Å². The number of amides is 1. The molecule has 0 saturated carbocycles. The summed E-state index contributed by atoms with van der Waals surface area (Å²) in [5, 5.41) is 12.1. The number of hydrogen-bond acceptors (Lipinski definition) is 3. The lowest BCUT2D eigenvalue weighted by Crippen LogP contribution is -2.26. The van der Waals surface area contributed by atoms with Gasteiger partial charge in [-0.3, -0.25) is 4.79 Å². The molecule has 2 aromatic carbocycles. The van der Waals surface area contributed by atoms with Crippen LogP contribution in [0.2, 0.25) is 0 Å². The van der Waals surface area contributed by atoms with Gasteiger partial charge in [0.25, 0.3) is 5.91 Å². The summed E-state index contributed by atoms with van der Waals surface area (Å²) < 4.78 is 13.7. The van der Waals surface area contributed by atoms with E-state index in [0.717, 1.165) is 19.4 Å². The van der Waals surface area contributed by atoms with Gasteiger partial charge in [0.2, 0.25) is 0 Å². The normalized spacial score (nSPS) is 10.4. The number of carboxylic acid groups (broad SMARTS) is 1. The molecule has 6 heteroatoms. The Morgan fingerprint density at radius 1 is 1.12 bits per heavy atom. The molecule has 0 radical (unpaired) electrons. The van der Waals surface area contributed by atoms with Gasteiger partial charge in [0.15, 0.2) is 0 Å². The molecular formula is C20H23FN2O3. The van der Waals surface area contributed by atoms with Gasteiger partial charge in [0.1, 0.15) is 5.82 Å². The molecule has 1 amide bonds. The third-order valence-corrected chi connectivity index (χ3v) is 4.11. The van der Waals surface area contributed by atoms with Crippen molar-refractivity contribution in [2.75, 3.05) is 23.3 Å². The molecule has 26 heavy (non-hydrogen) atoms. The zero-order valence-corrected chi connectivity index (χ0v) is 15.0. The smallest absolute Gasteiger partial charge is 0.337 e. The number of aromatic carboxylic acids is 1. The summed E-state index contributed by atoms with van der Waals surface area (Å²) >= 11 is 0. The van der Waals surface area contributed by atoms with E-state index in [1.54, 1.807) is 18.2 Å². The molecule has 0 spiro atoms. The van der Waals surface area contributed by atoms with Crippen molar-refractivity contribution in [3.63, 3.8) is 0 Å². The molecule has 0 aliphatic rings. The summed E-state index contributed by atoms with van der Waals surface area (Å²) in [6.07, 6.45) is 1.97. The minimum absolute atomic E-state index is 0.0911. The molecule has 0 atom stereocenters. The second-order valence-electron chi connectivity index (χ2n) is 5.90. The Bertz CT molecular complexity index is 792. The van der Waals surface area contributed by atoms with E-state index in [4.69, 9.17) is 0 Å². The van der Waals surface area contributed by atoms with Crippen LogP contribution in [0.3, 0.4) is 0 Å². The van der Waals surface area contributed by atoms with E-state index in [1.807, 2.05) is 11.8 Å². The molecular weight excluding hydrogens is 335 g/mol. The van der Waals surface area contributed by atoms with Crippen LogP contribution < -0.4 is 10.2 Å². The fourth-order valence-electron chi connectivity index (χ4n) is 2.70. The lowest BCUT2D eigenvalue weighted by atomic mass is 10.1. The van der Waals surface area contributed by atoms with Crippen molar-refractivity contribution >= 4 is 23.3 Å². The zero-order valence-electron chi connectivity index (χ0n) is 15.0. The molecule has 0 aromatic heterocycles. The summed E-state index contributed by atoms with van der Waals surface area (Å²) in [6.45, 7) is 5.48. The van der Waals surface area contributed by atoms with Gasteiger partial charge < -0.3 is 15.3 Å². The number of nitrogens with zero attached hydrogens (tertiary/aromatic N) is 1. The molecule has 0 bridgehead atoms. The average molecular weight is 358 g/mol. The lowest BCUT2D eigenvalue weighted by Gasteiger charge is -2.25. The van der Waals surface area contributed by atoms with Crippen LogP contribution in [0.1, 0.15) is 47.4 Å². The van der Waals surface area contributed by atoms with Gasteiger partial charge in [-0.15, -0.1) is 0 Å². The van der Waals surface area contributed by atoms with E-state index in [2.05, 4.69) is 12.2 Å². The van der Waals surface area contributed by atoms with Crippen LogP contribution in [0.5, 0.6) is 0 Å². The maximum Gasteiger partial charge on any atom is 0.337 e. The van der Waals surface area contributed by atoms with Crippen molar-refractivity contribution in [1.29, 1.82) is 0 Å². The van der Waals surface area contributed by atoms with Gasteiger partial charge in [0.05, 0.1) is 16.8 Å². The summed E-state index contributed by atoms with van der Waals surface area (Å²) in [5.74, 6) is -2.32. The number of unbranched alkanes of at least 4 members (excludes halogenated alkanes) is 1. The van der Waals surface area contributed by atoms with Gasteiger partial charge >= 0.3 is 5.97 Å². The van der Waals surface area contributed by atoms with E-state index < -0.39 is 17.7 Å². The highest BCUT2D eigenvalue weighted by Crippen LogP contribution is 2.25. The van der Waals surface area contributed by atoms with E-state index in [9.17, 15) is 19.1 Å². The first-order valence-corrected chi connectivity index (χ1v) is 8.66. The zero-order chi connectivity index (χ0) is 19.1. The fraction of sp³-hybridized carbons (Fsp3) is 0.300. The summed E-state index contributed by atoms with van der Waals surface area (Å²) in [7, 11) is 0. The Morgan fingerprint density at radius 3 is 2.46 bits per heavy atom. The molecule has 5 nitrogen and oxygen atoms in total. The van der Waals surface area contributed by atoms with Crippen LogP contribution in [0.25, 0.3) is 0 Å². The lowest BCUT2D eigenvalue weighted by molar-refractivity contribution is 0.0697. The monoisotopic (exact) mass is 358 g/mol. The van der Waals surface area contributed by atoms with Crippen molar-refractivity contribution in [1.82, 2.24) is 0 Å². The highest BCUT2D eigenvalue weighted by atomic mass is 19.1. The van der Waals surface area contributed by atoms with E-state index in [0.29, 0.717) is 17.9 Å². The van der Waals surface area contributed by atoms with Crippen molar-refractivity contribution in [3.05, 3.63) is 59.4 Å². The van der Waals surface area contributed by atoms with E-state index >= 15 is 0 Å². The maximum atomic E-state index is 13.7. The molecule has 0 unspecified atom stereocenters. The number of benzene rings is 2. The third kappa shape index (κ3) is 4.59. The first-order chi connectivity index (χ1) is 12.5. The molecule has 2 rings (SSSR count). The molecule has 2 aromatic rings. The Labute approximate surface area is 152 Å². The van der Waals surface area contributed by atoms with Crippen molar-refractivity contribution in [2.24, 2.45) is 0 Å². The maximum absolute atomic E-state index is 13.7. The van der Waals surface area contributed by atoms with Crippen LogP contribution in [0.15, 0.2) is 42.5 Å².